The van der Waals surface area contributed by atoms with Gasteiger partial charge in [-0.25, -0.2) is 0 Å². The number of likely N-dealkylation sites (N-methyl/N-ethyl adjacent to an activating group) is 1. The van der Waals surface area contributed by atoms with Gasteiger partial charge in [-0.2, -0.15) is 0 Å². The number of hydrogen-bond acceptors (Lipinski definition) is 3. The Bertz CT molecular complexity index is 384. The third-order valence-corrected chi connectivity index (χ3v) is 1.71. The van der Waals surface area contributed by atoms with Crippen molar-refractivity contribution in [3.8, 4) is 0 Å². The number of aromatic amines is 1. The van der Waals surface area contributed by atoms with Crippen LogP contribution in [0.3, 0.4) is 0 Å². The Morgan fingerprint density at radius 1 is 1.57 bits per heavy atom. The summed E-state index contributed by atoms with van der Waals surface area (Å²) in [4.78, 5) is 24.7. The van der Waals surface area contributed by atoms with Crippen LogP contribution in [0.4, 0.5) is 5.69 Å². The fourth-order valence-corrected chi connectivity index (χ4v) is 1.04. The Balaban J connectivity index is 2.73. The average Bonchev–Trinajstić information content (AvgIpc) is 2.12. The molecule has 0 saturated carbocycles. The van der Waals surface area contributed by atoms with E-state index in [9.17, 15) is 9.59 Å². The minimum absolute atomic E-state index is 0.140. The van der Waals surface area contributed by atoms with Gasteiger partial charge in [-0.1, -0.05) is 0 Å². The zero-order valence-corrected chi connectivity index (χ0v) is 8.18. The first-order chi connectivity index (χ1) is 6.63. The fraction of sp³-hybridized carbons (Fsp3) is 0.333. The van der Waals surface area contributed by atoms with Gasteiger partial charge in [-0.05, 0) is 20.0 Å². The van der Waals surface area contributed by atoms with Gasteiger partial charge in [-0.3, -0.25) is 9.59 Å². The molecule has 0 unspecified atom stereocenters. The van der Waals surface area contributed by atoms with Crippen molar-refractivity contribution in [1.29, 1.82) is 0 Å². The molecule has 1 aromatic rings. The maximum Gasteiger partial charge on any atom is 0.250 e. The number of aryl methyl sites for hydroxylation is 1. The molecule has 1 rings (SSSR count). The number of rotatable bonds is 3. The Kier molecular flexibility index (Phi) is 3.41. The number of aromatic nitrogens is 1. The minimum atomic E-state index is -0.142. The molecule has 3 N–H and O–H groups in total. The lowest BCUT2D eigenvalue weighted by Gasteiger charge is -2.04. The molecule has 5 heteroatoms. The molecule has 0 saturated heterocycles. The molecule has 0 aliphatic rings. The standard InChI is InChI=1S/C9H13N3O2/c1-6-3-7(4-11-9(6)14)12-8(13)5-10-2/h3-4,10H,5H2,1-2H3,(H,11,14)(H,12,13). The highest BCUT2D eigenvalue weighted by molar-refractivity contribution is 5.92. The van der Waals surface area contributed by atoms with Gasteiger partial charge in [0.25, 0.3) is 5.56 Å². The van der Waals surface area contributed by atoms with E-state index in [1.54, 1.807) is 20.0 Å². The van der Waals surface area contributed by atoms with E-state index in [0.29, 0.717) is 11.3 Å². The monoisotopic (exact) mass is 195 g/mol. The van der Waals surface area contributed by atoms with Crippen molar-refractivity contribution in [2.75, 3.05) is 18.9 Å². The van der Waals surface area contributed by atoms with E-state index >= 15 is 0 Å². The molecule has 0 aliphatic carbocycles. The summed E-state index contributed by atoms with van der Waals surface area (Å²) in [5.41, 5.74) is 1.03. The molecule has 14 heavy (non-hydrogen) atoms. The largest absolute Gasteiger partial charge is 0.327 e. The van der Waals surface area contributed by atoms with Gasteiger partial charge in [-0.15, -0.1) is 0 Å². The summed E-state index contributed by atoms with van der Waals surface area (Å²) in [7, 11) is 1.69. The molecule has 0 fully saturated rings. The smallest absolute Gasteiger partial charge is 0.250 e. The van der Waals surface area contributed by atoms with Crippen LogP contribution in [-0.4, -0.2) is 24.5 Å². The molecule has 5 nitrogen and oxygen atoms in total. The second kappa shape index (κ2) is 4.57. The van der Waals surface area contributed by atoms with Crippen molar-refractivity contribution in [3.05, 3.63) is 28.2 Å². The zero-order chi connectivity index (χ0) is 10.6. The summed E-state index contributed by atoms with van der Waals surface area (Å²) in [6, 6.07) is 1.63. The van der Waals surface area contributed by atoms with Crippen LogP contribution >= 0.6 is 0 Å². The summed E-state index contributed by atoms with van der Waals surface area (Å²) in [5, 5.41) is 5.37. The Hall–Kier alpha value is -1.62. The predicted octanol–water partition coefficient (Wildman–Crippen LogP) is -0.159. The molecule has 0 spiro atoms. The van der Waals surface area contributed by atoms with Crippen molar-refractivity contribution < 1.29 is 4.79 Å². The molecular formula is C9H13N3O2. The quantitative estimate of drug-likeness (QED) is 0.627. The highest BCUT2D eigenvalue weighted by atomic mass is 16.2. The van der Waals surface area contributed by atoms with Gasteiger partial charge in [0.05, 0.1) is 12.2 Å². The number of H-pyrrole nitrogens is 1. The number of pyridine rings is 1. The number of anilines is 1. The molecule has 1 amide bonds. The number of nitrogens with one attached hydrogen (secondary N) is 3. The van der Waals surface area contributed by atoms with E-state index in [0.717, 1.165) is 0 Å². The lowest BCUT2D eigenvalue weighted by Crippen LogP contribution is -2.25. The first-order valence-corrected chi connectivity index (χ1v) is 4.27. The summed E-state index contributed by atoms with van der Waals surface area (Å²) in [5.74, 6) is -0.140. The van der Waals surface area contributed by atoms with Gasteiger partial charge in [0, 0.05) is 11.8 Å². The van der Waals surface area contributed by atoms with Gasteiger partial charge in [0.1, 0.15) is 0 Å². The van der Waals surface area contributed by atoms with Gasteiger partial charge < -0.3 is 15.6 Å². The van der Waals surface area contributed by atoms with Crippen molar-refractivity contribution in [2.45, 2.75) is 6.92 Å². The van der Waals surface area contributed by atoms with Crippen molar-refractivity contribution in [1.82, 2.24) is 10.3 Å². The predicted molar refractivity (Wildman–Crippen MR) is 54.4 cm³/mol. The van der Waals surface area contributed by atoms with Gasteiger partial charge in [0.15, 0.2) is 0 Å². The summed E-state index contributed by atoms with van der Waals surface area (Å²) in [6.07, 6.45) is 1.48. The molecule has 0 bridgehead atoms. The third-order valence-electron chi connectivity index (χ3n) is 1.71. The van der Waals surface area contributed by atoms with E-state index in [4.69, 9.17) is 0 Å². The maximum atomic E-state index is 11.1. The molecular weight excluding hydrogens is 182 g/mol. The molecule has 1 heterocycles. The Morgan fingerprint density at radius 2 is 2.29 bits per heavy atom. The van der Waals surface area contributed by atoms with Crippen molar-refractivity contribution in [2.24, 2.45) is 0 Å². The average molecular weight is 195 g/mol. The SMILES string of the molecule is CNCC(=O)Nc1c[nH]c(=O)c(C)c1. The van der Waals surface area contributed by atoms with Crippen LogP contribution in [-0.2, 0) is 4.79 Å². The van der Waals surface area contributed by atoms with Crippen molar-refractivity contribution >= 4 is 11.6 Å². The number of carbonyl (C=O) groups excluding carboxylic acids is 1. The van der Waals surface area contributed by atoms with Crippen molar-refractivity contribution in [3.63, 3.8) is 0 Å². The number of carbonyl (C=O) groups is 1. The molecule has 0 aromatic carbocycles. The second-order valence-corrected chi connectivity index (χ2v) is 2.98. The highest BCUT2D eigenvalue weighted by Gasteiger charge is 2.01. The van der Waals surface area contributed by atoms with Crippen LogP contribution in [0.2, 0.25) is 0 Å². The maximum absolute atomic E-state index is 11.1. The van der Waals surface area contributed by atoms with E-state index < -0.39 is 0 Å². The topological polar surface area (TPSA) is 74.0 Å². The fourth-order valence-electron chi connectivity index (χ4n) is 1.04. The lowest BCUT2D eigenvalue weighted by molar-refractivity contribution is -0.115. The van der Waals surface area contributed by atoms with Crippen LogP contribution in [0.15, 0.2) is 17.1 Å². The lowest BCUT2D eigenvalue weighted by atomic mass is 10.3. The van der Waals surface area contributed by atoms with Gasteiger partial charge >= 0.3 is 0 Å². The number of amides is 1. The van der Waals surface area contributed by atoms with Crippen LogP contribution in [0.1, 0.15) is 5.56 Å². The summed E-state index contributed by atoms with van der Waals surface area (Å²) >= 11 is 0. The number of hydrogen-bond donors (Lipinski definition) is 3. The van der Waals surface area contributed by atoms with Crippen LogP contribution in [0.5, 0.6) is 0 Å². The molecule has 1 aromatic heterocycles. The third kappa shape index (κ3) is 2.70. The van der Waals surface area contributed by atoms with Crippen LogP contribution < -0.4 is 16.2 Å². The first-order valence-electron chi connectivity index (χ1n) is 4.27. The van der Waals surface area contributed by atoms with Crippen LogP contribution in [0.25, 0.3) is 0 Å². The minimum Gasteiger partial charge on any atom is -0.327 e. The molecule has 76 valence electrons. The first kappa shape index (κ1) is 10.5. The normalized spacial score (nSPS) is 9.86. The highest BCUT2D eigenvalue weighted by Crippen LogP contribution is 2.03. The molecule has 0 atom stereocenters. The van der Waals surface area contributed by atoms with Gasteiger partial charge in [0.2, 0.25) is 5.91 Å². The van der Waals surface area contributed by atoms with Crippen LogP contribution in [0, 0.1) is 6.92 Å². The van der Waals surface area contributed by atoms with E-state index in [1.807, 2.05) is 0 Å². The van der Waals surface area contributed by atoms with E-state index in [-0.39, 0.29) is 18.0 Å². The molecule has 0 aliphatic heterocycles. The Morgan fingerprint density at radius 3 is 2.86 bits per heavy atom. The second-order valence-electron chi connectivity index (χ2n) is 2.98. The zero-order valence-electron chi connectivity index (χ0n) is 8.18. The summed E-state index contributed by atoms with van der Waals surface area (Å²) < 4.78 is 0. The summed E-state index contributed by atoms with van der Waals surface area (Å²) in [6.45, 7) is 1.94. The van der Waals surface area contributed by atoms with E-state index in [2.05, 4.69) is 15.6 Å². The van der Waals surface area contributed by atoms with E-state index in [1.165, 1.54) is 6.20 Å². The molecule has 0 radical (unpaired) electrons. The Labute approximate surface area is 81.5 Å².